The molecule has 1 aliphatic heterocycles. The van der Waals surface area contributed by atoms with Gasteiger partial charge in [0.05, 0.1) is 22.3 Å². The van der Waals surface area contributed by atoms with Crippen LogP contribution >= 0.6 is 0 Å². The minimum Gasteiger partial charge on any atom is -0.475 e. The van der Waals surface area contributed by atoms with Gasteiger partial charge in [-0.2, -0.15) is 13.2 Å². The fourth-order valence-corrected chi connectivity index (χ4v) is 4.80. The number of carboxylic acids is 1. The molecule has 0 saturated carbocycles. The fraction of sp³-hybridized carbons (Fsp3) is 0.269. The molecule has 0 spiro atoms. The SMILES string of the molecule is CN(Cc1ccccc1)C(=O)c1cc(NS(=O)(=O)c2ccccc2)cnc1N1CCNCC1.O=C(O)C(F)(F)F. The normalized spacial score (nSPS) is 13.6. The Morgan fingerprint density at radius 3 is 2.15 bits per heavy atom. The lowest BCUT2D eigenvalue weighted by Gasteiger charge is -2.30. The zero-order valence-electron chi connectivity index (χ0n) is 21.4. The van der Waals surface area contributed by atoms with Crippen LogP contribution < -0.4 is 14.9 Å². The zero-order valence-corrected chi connectivity index (χ0v) is 22.2. The topological polar surface area (TPSA) is 132 Å². The number of carbonyl (C=O) groups excluding carboxylic acids is 1. The first-order chi connectivity index (χ1) is 18.9. The standard InChI is InChI=1S/C24H27N5O3S.C2HF3O2/c1-28(18-19-8-4-2-5-9-19)24(30)22-16-20(17-26-23(22)29-14-12-25-13-15-29)27-33(31,32)21-10-6-3-7-11-21;3-2(4,5)1(6)7/h2-11,16-17,25,27H,12-15,18H2,1H3;(H,6,7). The minimum absolute atomic E-state index is 0.144. The summed E-state index contributed by atoms with van der Waals surface area (Å²) in [4.78, 5) is 30.7. The van der Waals surface area contributed by atoms with E-state index < -0.39 is 22.2 Å². The van der Waals surface area contributed by atoms with Gasteiger partial charge in [-0.15, -0.1) is 0 Å². The van der Waals surface area contributed by atoms with Gasteiger partial charge in [-0.25, -0.2) is 18.2 Å². The molecule has 1 aromatic heterocycles. The quantitative estimate of drug-likeness (QED) is 0.389. The van der Waals surface area contributed by atoms with Crippen LogP contribution in [0.25, 0.3) is 0 Å². The van der Waals surface area contributed by atoms with E-state index in [0.717, 1.165) is 18.7 Å². The van der Waals surface area contributed by atoms with Crippen LogP contribution in [0, 0.1) is 0 Å². The van der Waals surface area contributed by atoms with Crippen LogP contribution in [0.2, 0.25) is 0 Å². The number of carboxylic acid groups (broad SMARTS) is 1. The Bertz CT molecular complexity index is 1400. The molecule has 0 bridgehead atoms. The number of pyridine rings is 1. The molecule has 14 heteroatoms. The molecule has 214 valence electrons. The average molecular weight is 580 g/mol. The molecule has 40 heavy (non-hydrogen) atoms. The molecule has 0 unspecified atom stereocenters. The van der Waals surface area contributed by atoms with Crippen molar-refractivity contribution in [3.8, 4) is 0 Å². The van der Waals surface area contributed by atoms with E-state index in [4.69, 9.17) is 9.90 Å². The van der Waals surface area contributed by atoms with E-state index in [0.29, 0.717) is 31.0 Å². The average Bonchev–Trinajstić information content (AvgIpc) is 2.94. The van der Waals surface area contributed by atoms with E-state index in [2.05, 4.69) is 19.9 Å². The van der Waals surface area contributed by atoms with E-state index in [1.54, 1.807) is 36.2 Å². The highest BCUT2D eigenvalue weighted by Gasteiger charge is 2.38. The number of benzene rings is 2. The largest absolute Gasteiger partial charge is 0.490 e. The number of anilines is 2. The number of amides is 1. The van der Waals surface area contributed by atoms with Crippen molar-refractivity contribution in [1.82, 2.24) is 15.2 Å². The number of sulfonamides is 1. The summed E-state index contributed by atoms with van der Waals surface area (Å²) in [5.41, 5.74) is 1.61. The van der Waals surface area contributed by atoms with Gasteiger partial charge in [0, 0.05) is 39.8 Å². The first-order valence-electron chi connectivity index (χ1n) is 12.0. The van der Waals surface area contributed by atoms with Crippen molar-refractivity contribution in [2.24, 2.45) is 0 Å². The molecular weight excluding hydrogens is 551 g/mol. The highest BCUT2D eigenvalue weighted by atomic mass is 32.2. The van der Waals surface area contributed by atoms with Crippen LogP contribution in [0.4, 0.5) is 24.7 Å². The van der Waals surface area contributed by atoms with E-state index in [1.165, 1.54) is 18.3 Å². The van der Waals surface area contributed by atoms with Crippen molar-refractivity contribution in [2.75, 3.05) is 42.8 Å². The molecular formula is C26H28F3N5O5S. The highest BCUT2D eigenvalue weighted by molar-refractivity contribution is 7.92. The number of rotatable bonds is 7. The monoisotopic (exact) mass is 579 g/mol. The first kappa shape index (κ1) is 30.4. The predicted molar refractivity (Wildman–Crippen MR) is 143 cm³/mol. The third kappa shape index (κ3) is 8.41. The fourth-order valence-electron chi connectivity index (χ4n) is 3.75. The third-order valence-electron chi connectivity index (χ3n) is 5.67. The molecule has 0 radical (unpaired) electrons. The zero-order chi connectivity index (χ0) is 29.3. The van der Waals surface area contributed by atoms with Gasteiger partial charge >= 0.3 is 12.1 Å². The summed E-state index contributed by atoms with van der Waals surface area (Å²) in [6.07, 6.45) is -3.62. The molecule has 2 heterocycles. The number of aliphatic carboxylic acids is 1. The first-order valence-corrected chi connectivity index (χ1v) is 13.5. The predicted octanol–water partition coefficient (Wildman–Crippen LogP) is 3.20. The number of hydrogen-bond donors (Lipinski definition) is 3. The Morgan fingerprint density at radius 2 is 1.60 bits per heavy atom. The second-order valence-corrected chi connectivity index (χ2v) is 10.4. The van der Waals surface area contributed by atoms with Crippen LogP contribution in [0.5, 0.6) is 0 Å². The number of aromatic nitrogens is 1. The van der Waals surface area contributed by atoms with Crippen LogP contribution in [0.1, 0.15) is 15.9 Å². The Kier molecular flexibility index (Phi) is 10.1. The van der Waals surface area contributed by atoms with E-state index in [1.807, 2.05) is 30.3 Å². The third-order valence-corrected chi connectivity index (χ3v) is 7.07. The van der Waals surface area contributed by atoms with Crippen molar-refractivity contribution >= 4 is 33.4 Å². The van der Waals surface area contributed by atoms with Gasteiger partial charge in [0.2, 0.25) is 0 Å². The number of carbonyl (C=O) groups is 2. The molecule has 1 saturated heterocycles. The summed E-state index contributed by atoms with van der Waals surface area (Å²) in [5, 5.41) is 10.4. The van der Waals surface area contributed by atoms with Crippen molar-refractivity contribution in [3.63, 3.8) is 0 Å². The second kappa shape index (κ2) is 13.3. The van der Waals surface area contributed by atoms with E-state index in [9.17, 15) is 26.4 Å². The molecule has 3 N–H and O–H groups in total. The summed E-state index contributed by atoms with van der Waals surface area (Å²) in [6.45, 7) is 3.44. The van der Waals surface area contributed by atoms with Crippen LogP contribution in [0.15, 0.2) is 77.8 Å². The molecule has 3 aromatic rings. The second-order valence-electron chi connectivity index (χ2n) is 8.70. The number of nitrogens with zero attached hydrogens (tertiary/aromatic N) is 3. The van der Waals surface area contributed by atoms with Crippen molar-refractivity contribution in [2.45, 2.75) is 17.6 Å². The van der Waals surface area contributed by atoms with Crippen molar-refractivity contribution in [3.05, 3.63) is 84.1 Å². The van der Waals surface area contributed by atoms with Crippen LogP contribution in [-0.2, 0) is 21.4 Å². The van der Waals surface area contributed by atoms with Crippen LogP contribution in [0.3, 0.4) is 0 Å². The van der Waals surface area contributed by atoms with Gasteiger partial charge in [0.1, 0.15) is 5.82 Å². The minimum atomic E-state index is -5.08. The van der Waals surface area contributed by atoms with Gasteiger partial charge in [0.15, 0.2) is 0 Å². The van der Waals surface area contributed by atoms with Gasteiger partial charge in [0.25, 0.3) is 15.9 Å². The molecule has 1 fully saturated rings. The van der Waals surface area contributed by atoms with Gasteiger partial charge in [-0.05, 0) is 23.8 Å². The van der Waals surface area contributed by atoms with Crippen molar-refractivity contribution < 1.29 is 36.3 Å². The van der Waals surface area contributed by atoms with Gasteiger partial charge in [-0.1, -0.05) is 48.5 Å². The lowest BCUT2D eigenvalue weighted by atomic mass is 10.1. The Hall–Kier alpha value is -4.17. The van der Waals surface area contributed by atoms with E-state index >= 15 is 0 Å². The van der Waals surface area contributed by atoms with E-state index in [-0.39, 0.29) is 16.5 Å². The van der Waals surface area contributed by atoms with Gasteiger partial charge < -0.3 is 20.2 Å². The number of hydrogen-bond acceptors (Lipinski definition) is 7. The molecule has 0 atom stereocenters. The number of halogens is 3. The van der Waals surface area contributed by atoms with Crippen molar-refractivity contribution in [1.29, 1.82) is 0 Å². The maximum atomic E-state index is 13.5. The van der Waals surface area contributed by atoms with Crippen LogP contribution in [-0.4, -0.2) is 74.7 Å². The summed E-state index contributed by atoms with van der Waals surface area (Å²) in [6, 6.07) is 19.4. The smallest absolute Gasteiger partial charge is 0.475 e. The highest BCUT2D eigenvalue weighted by Crippen LogP contribution is 2.25. The number of alkyl halides is 3. The molecule has 0 aliphatic carbocycles. The lowest BCUT2D eigenvalue weighted by Crippen LogP contribution is -2.44. The molecule has 1 amide bonds. The Morgan fingerprint density at radius 1 is 1.05 bits per heavy atom. The van der Waals surface area contributed by atoms with Gasteiger partial charge in [-0.3, -0.25) is 9.52 Å². The Labute approximate surface area is 229 Å². The Balaban J connectivity index is 0.000000559. The summed E-state index contributed by atoms with van der Waals surface area (Å²) in [7, 11) is -2.07. The molecule has 1 aliphatic rings. The lowest BCUT2D eigenvalue weighted by molar-refractivity contribution is -0.192. The number of nitrogens with one attached hydrogen (secondary N) is 2. The molecule has 4 rings (SSSR count). The summed E-state index contributed by atoms with van der Waals surface area (Å²) < 4.78 is 59.9. The number of piperazine rings is 1. The summed E-state index contributed by atoms with van der Waals surface area (Å²) >= 11 is 0. The maximum Gasteiger partial charge on any atom is 0.490 e. The summed E-state index contributed by atoms with van der Waals surface area (Å²) in [5.74, 6) is -2.42. The molecule has 10 nitrogen and oxygen atoms in total. The molecule has 2 aromatic carbocycles. The maximum absolute atomic E-state index is 13.5.